The van der Waals surface area contributed by atoms with Crippen molar-refractivity contribution in [3.05, 3.63) is 58.9 Å². The number of nitrogens with zero attached hydrogens (tertiary/aromatic N) is 1. The Kier molecular flexibility index (Phi) is 6.39. The van der Waals surface area contributed by atoms with Gasteiger partial charge in [-0.15, -0.1) is 0 Å². The van der Waals surface area contributed by atoms with Gasteiger partial charge in [-0.3, -0.25) is 9.52 Å². The second-order valence-electron chi connectivity index (χ2n) is 6.42. The van der Waals surface area contributed by atoms with Crippen LogP contribution in [0.5, 0.6) is 0 Å². The summed E-state index contributed by atoms with van der Waals surface area (Å²) >= 11 is 6.01. The molecule has 2 aromatic carbocycles. The third-order valence-electron chi connectivity index (χ3n) is 4.35. The van der Waals surface area contributed by atoms with E-state index in [-0.39, 0.29) is 27.1 Å². The maximum absolute atomic E-state index is 13.0. The van der Waals surface area contributed by atoms with Crippen LogP contribution in [0.2, 0.25) is 5.02 Å². The molecule has 0 saturated carbocycles. The molecule has 3 rings (SSSR count). The van der Waals surface area contributed by atoms with E-state index in [2.05, 4.69) is 4.72 Å². The molecule has 0 unspecified atom stereocenters. The lowest BCUT2D eigenvalue weighted by molar-refractivity contribution is -0.133. The maximum Gasteiger partial charge on any atom is 0.340 e. The minimum atomic E-state index is -4.06. The number of likely N-dealkylation sites (tertiary alicyclic amines) is 1. The fourth-order valence-electron chi connectivity index (χ4n) is 2.82. The smallest absolute Gasteiger partial charge is 0.340 e. The van der Waals surface area contributed by atoms with Gasteiger partial charge in [0.05, 0.1) is 15.5 Å². The van der Waals surface area contributed by atoms with Gasteiger partial charge in [0.15, 0.2) is 6.61 Å². The van der Waals surface area contributed by atoms with E-state index in [1.165, 1.54) is 24.3 Å². The fraction of sp³-hybridized carbons (Fsp3) is 0.263. The Balaban J connectivity index is 1.73. The van der Waals surface area contributed by atoms with E-state index < -0.39 is 28.4 Å². The van der Waals surface area contributed by atoms with Crippen molar-refractivity contribution in [2.75, 3.05) is 24.4 Å². The molecule has 1 aliphatic heterocycles. The molecule has 0 bridgehead atoms. The largest absolute Gasteiger partial charge is 0.452 e. The normalized spacial score (nSPS) is 13.9. The van der Waals surface area contributed by atoms with Crippen molar-refractivity contribution in [2.24, 2.45) is 0 Å². The van der Waals surface area contributed by atoms with Crippen LogP contribution in [0, 0.1) is 5.82 Å². The van der Waals surface area contributed by atoms with Gasteiger partial charge < -0.3 is 9.64 Å². The zero-order chi connectivity index (χ0) is 21.0. The van der Waals surface area contributed by atoms with Crippen LogP contribution in [0.15, 0.2) is 47.4 Å². The van der Waals surface area contributed by atoms with Crippen LogP contribution in [0.4, 0.5) is 10.1 Å². The molecule has 29 heavy (non-hydrogen) atoms. The number of nitrogens with one attached hydrogen (secondary N) is 1. The van der Waals surface area contributed by atoms with Crippen molar-refractivity contribution >= 4 is 39.2 Å². The first-order valence-corrected chi connectivity index (χ1v) is 10.7. The number of hydrogen-bond donors (Lipinski definition) is 1. The molecule has 1 amide bonds. The van der Waals surface area contributed by atoms with Crippen LogP contribution in [0.25, 0.3) is 0 Å². The van der Waals surface area contributed by atoms with E-state index in [0.29, 0.717) is 13.1 Å². The average Bonchev–Trinajstić information content (AvgIpc) is 3.22. The zero-order valence-corrected chi connectivity index (χ0v) is 16.8. The highest BCUT2D eigenvalue weighted by atomic mass is 35.5. The summed E-state index contributed by atoms with van der Waals surface area (Å²) in [6.07, 6.45) is 1.82. The highest BCUT2D eigenvalue weighted by Crippen LogP contribution is 2.23. The average molecular weight is 441 g/mol. The van der Waals surface area contributed by atoms with E-state index >= 15 is 0 Å². The Morgan fingerprint density at radius 3 is 2.41 bits per heavy atom. The van der Waals surface area contributed by atoms with Crippen LogP contribution in [0.1, 0.15) is 23.2 Å². The van der Waals surface area contributed by atoms with E-state index in [9.17, 15) is 22.4 Å². The maximum atomic E-state index is 13.0. The molecule has 0 radical (unpaired) electrons. The third kappa shape index (κ3) is 5.24. The predicted molar refractivity (Wildman–Crippen MR) is 105 cm³/mol. The number of carbonyl (C=O) groups is 2. The lowest BCUT2D eigenvalue weighted by Gasteiger charge is -2.15. The van der Waals surface area contributed by atoms with Crippen molar-refractivity contribution in [3.8, 4) is 0 Å². The molecule has 0 aliphatic carbocycles. The van der Waals surface area contributed by atoms with Crippen molar-refractivity contribution in [3.63, 3.8) is 0 Å². The number of rotatable bonds is 6. The molecule has 7 nitrogen and oxygen atoms in total. The molecule has 1 heterocycles. The number of amides is 1. The summed E-state index contributed by atoms with van der Waals surface area (Å²) in [5.41, 5.74) is -0.0236. The minimum absolute atomic E-state index is 0.00986. The monoisotopic (exact) mass is 440 g/mol. The highest BCUT2D eigenvalue weighted by molar-refractivity contribution is 7.92. The van der Waals surface area contributed by atoms with E-state index in [0.717, 1.165) is 31.0 Å². The number of benzene rings is 2. The van der Waals surface area contributed by atoms with Gasteiger partial charge in [-0.2, -0.15) is 0 Å². The quantitative estimate of drug-likeness (QED) is 0.697. The van der Waals surface area contributed by atoms with Crippen LogP contribution >= 0.6 is 11.6 Å². The fourth-order valence-corrected chi connectivity index (χ4v) is 4.10. The number of esters is 1. The SMILES string of the molecule is O=C(OCC(=O)N1CCCC1)c1cc(S(=O)(=O)Nc2ccc(F)cc2)ccc1Cl. The van der Waals surface area contributed by atoms with Crippen LogP contribution < -0.4 is 4.72 Å². The topological polar surface area (TPSA) is 92.8 Å². The first-order valence-electron chi connectivity index (χ1n) is 8.79. The molecule has 154 valence electrons. The Morgan fingerprint density at radius 2 is 1.76 bits per heavy atom. The van der Waals surface area contributed by atoms with Gasteiger partial charge in [0.25, 0.3) is 15.9 Å². The Hall–Kier alpha value is -2.65. The van der Waals surface area contributed by atoms with Crippen LogP contribution in [0.3, 0.4) is 0 Å². The first-order chi connectivity index (χ1) is 13.8. The zero-order valence-electron chi connectivity index (χ0n) is 15.2. The van der Waals surface area contributed by atoms with E-state index in [4.69, 9.17) is 16.3 Å². The summed E-state index contributed by atoms with van der Waals surface area (Å²) in [6.45, 7) is 0.805. The number of anilines is 1. The molecule has 1 fully saturated rings. The minimum Gasteiger partial charge on any atom is -0.452 e. The van der Waals surface area contributed by atoms with Crippen molar-refractivity contribution < 1.29 is 27.1 Å². The second kappa shape index (κ2) is 8.79. The third-order valence-corrected chi connectivity index (χ3v) is 6.06. The summed E-state index contributed by atoms with van der Waals surface area (Å²) in [4.78, 5) is 25.7. The standard InChI is InChI=1S/C19H18ClFN2O5S/c20-17-8-7-15(29(26,27)22-14-5-3-13(21)4-6-14)11-16(17)19(25)28-12-18(24)23-9-1-2-10-23/h3-8,11,22H,1-2,9-10,12H2. The van der Waals surface area contributed by atoms with Gasteiger partial charge in [0, 0.05) is 18.8 Å². The van der Waals surface area contributed by atoms with Gasteiger partial charge in [0.2, 0.25) is 0 Å². The summed E-state index contributed by atoms with van der Waals surface area (Å²) in [6, 6.07) is 8.29. The van der Waals surface area contributed by atoms with E-state index in [1.807, 2.05) is 0 Å². The number of ether oxygens (including phenoxy) is 1. The lowest BCUT2D eigenvalue weighted by Crippen LogP contribution is -2.32. The molecule has 1 aliphatic rings. The molecular weight excluding hydrogens is 423 g/mol. The molecule has 2 aromatic rings. The van der Waals surface area contributed by atoms with Gasteiger partial charge in [-0.05, 0) is 55.3 Å². The molecule has 1 saturated heterocycles. The van der Waals surface area contributed by atoms with Gasteiger partial charge >= 0.3 is 5.97 Å². The highest BCUT2D eigenvalue weighted by Gasteiger charge is 2.22. The molecule has 0 atom stereocenters. The number of halogens is 2. The van der Waals surface area contributed by atoms with Gasteiger partial charge in [0.1, 0.15) is 5.82 Å². The van der Waals surface area contributed by atoms with Crippen LogP contribution in [-0.2, 0) is 19.6 Å². The summed E-state index contributed by atoms with van der Waals surface area (Å²) < 4.78 is 45.4. The molecule has 0 aromatic heterocycles. The lowest BCUT2D eigenvalue weighted by atomic mass is 10.2. The Bertz CT molecular complexity index is 1020. The summed E-state index contributed by atoms with van der Waals surface area (Å²) in [5, 5.41) is -0.00986. The summed E-state index contributed by atoms with van der Waals surface area (Å²) in [7, 11) is -4.06. The van der Waals surface area contributed by atoms with Crippen LogP contribution in [-0.4, -0.2) is 44.9 Å². The number of hydrogen-bond acceptors (Lipinski definition) is 5. The molecule has 10 heteroatoms. The molecular formula is C19H18ClFN2O5S. The van der Waals surface area contributed by atoms with Crippen molar-refractivity contribution in [2.45, 2.75) is 17.7 Å². The van der Waals surface area contributed by atoms with Gasteiger partial charge in [-0.25, -0.2) is 17.6 Å². The Morgan fingerprint density at radius 1 is 1.10 bits per heavy atom. The number of sulfonamides is 1. The molecule has 0 spiro atoms. The predicted octanol–water partition coefficient (Wildman–Crippen LogP) is 3.06. The van der Waals surface area contributed by atoms with Gasteiger partial charge in [-0.1, -0.05) is 11.6 Å². The second-order valence-corrected chi connectivity index (χ2v) is 8.51. The molecule has 1 N–H and O–H groups in total. The summed E-state index contributed by atoms with van der Waals surface area (Å²) in [5.74, 6) is -1.72. The number of carbonyl (C=O) groups excluding carboxylic acids is 2. The van der Waals surface area contributed by atoms with Crippen molar-refractivity contribution in [1.29, 1.82) is 0 Å². The Labute approximate surface area is 172 Å². The van der Waals surface area contributed by atoms with Crippen molar-refractivity contribution in [1.82, 2.24) is 4.90 Å². The van der Waals surface area contributed by atoms with E-state index in [1.54, 1.807) is 4.90 Å². The first kappa shape index (κ1) is 21.1.